The summed E-state index contributed by atoms with van der Waals surface area (Å²) in [7, 11) is 0. The molecule has 0 saturated heterocycles. The lowest BCUT2D eigenvalue weighted by Gasteiger charge is -2.16. The van der Waals surface area contributed by atoms with Gasteiger partial charge in [-0.1, -0.05) is 30.3 Å². The van der Waals surface area contributed by atoms with Crippen LogP contribution in [0.3, 0.4) is 0 Å². The smallest absolute Gasteiger partial charge is 0.193 e. The summed E-state index contributed by atoms with van der Waals surface area (Å²) in [6, 6.07) is 10.4. The molecule has 0 saturated carbocycles. The average molecular weight is 316 g/mol. The van der Waals surface area contributed by atoms with E-state index in [0.717, 1.165) is 10.7 Å². The molecule has 3 aromatic rings. The van der Waals surface area contributed by atoms with Gasteiger partial charge in [-0.15, -0.1) is 11.3 Å². The van der Waals surface area contributed by atoms with Crippen molar-refractivity contribution in [2.24, 2.45) is 0 Å². The van der Waals surface area contributed by atoms with Crippen LogP contribution >= 0.6 is 23.6 Å². The first kappa shape index (κ1) is 14.0. The van der Waals surface area contributed by atoms with E-state index in [2.05, 4.69) is 34.7 Å². The molecule has 0 radical (unpaired) electrons. The molecule has 0 aliphatic rings. The van der Waals surface area contributed by atoms with Gasteiger partial charge in [0.2, 0.25) is 0 Å². The first-order chi connectivity index (χ1) is 10.2. The number of nitrogens with zero attached hydrogens (tertiary/aromatic N) is 2. The van der Waals surface area contributed by atoms with E-state index in [9.17, 15) is 0 Å². The van der Waals surface area contributed by atoms with E-state index in [-0.39, 0.29) is 6.04 Å². The van der Waals surface area contributed by atoms with E-state index in [4.69, 9.17) is 12.2 Å². The summed E-state index contributed by atoms with van der Waals surface area (Å²) in [5.74, 6) is 0. The second-order valence-corrected chi connectivity index (χ2v) is 6.07. The second kappa shape index (κ2) is 6.24. The van der Waals surface area contributed by atoms with Gasteiger partial charge in [-0.3, -0.25) is 4.40 Å². The SMILES string of the molecule is C[C@@H](NC(=S)NCc1cn2ccsc2n1)c1ccccc1. The molecule has 3 rings (SSSR count). The van der Waals surface area contributed by atoms with Crippen molar-refractivity contribution < 1.29 is 0 Å². The molecule has 2 heterocycles. The Morgan fingerprint density at radius 1 is 1.38 bits per heavy atom. The van der Waals surface area contributed by atoms with Crippen LogP contribution in [-0.2, 0) is 6.54 Å². The highest BCUT2D eigenvalue weighted by molar-refractivity contribution is 7.80. The molecule has 0 aliphatic carbocycles. The summed E-state index contributed by atoms with van der Waals surface area (Å²) < 4.78 is 2.02. The van der Waals surface area contributed by atoms with Crippen molar-refractivity contribution in [1.29, 1.82) is 0 Å². The number of hydrogen-bond donors (Lipinski definition) is 2. The predicted molar refractivity (Wildman–Crippen MR) is 90.5 cm³/mol. The van der Waals surface area contributed by atoms with Crippen molar-refractivity contribution in [2.75, 3.05) is 0 Å². The van der Waals surface area contributed by atoms with Crippen LogP contribution < -0.4 is 10.6 Å². The van der Waals surface area contributed by atoms with Gasteiger partial charge in [0.15, 0.2) is 10.1 Å². The minimum atomic E-state index is 0.177. The topological polar surface area (TPSA) is 41.4 Å². The third-order valence-corrected chi connectivity index (χ3v) is 4.25. The molecule has 2 N–H and O–H groups in total. The van der Waals surface area contributed by atoms with Crippen molar-refractivity contribution in [3.8, 4) is 0 Å². The molecule has 6 heteroatoms. The Hall–Kier alpha value is -1.92. The second-order valence-electron chi connectivity index (χ2n) is 4.78. The molecule has 0 spiro atoms. The zero-order valence-corrected chi connectivity index (χ0v) is 13.2. The van der Waals surface area contributed by atoms with E-state index in [1.165, 1.54) is 5.56 Å². The van der Waals surface area contributed by atoms with Crippen LogP contribution in [0.15, 0.2) is 48.1 Å². The Morgan fingerprint density at radius 2 is 2.19 bits per heavy atom. The summed E-state index contributed by atoms with van der Waals surface area (Å²) in [4.78, 5) is 5.52. The van der Waals surface area contributed by atoms with E-state index in [1.54, 1.807) is 11.3 Å². The summed E-state index contributed by atoms with van der Waals surface area (Å²) in [6.45, 7) is 2.72. The Labute approximate surface area is 132 Å². The standard InChI is InChI=1S/C15H16N4S2/c1-11(12-5-3-2-4-6-12)17-14(20)16-9-13-10-19-7-8-21-15(19)18-13/h2-8,10-11H,9H2,1H3,(H2,16,17,20)/t11-/m1/s1. The van der Waals surface area contributed by atoms with Gasteiger partial charge in [-0.05, 0) is 24.7 Å². The molecule has 0 unspecified atom stereocenters. The van der Waals surface area contributed by atoms with Gasteiger partial charge in [0.1, 0.15) is 0 Å². The number of aromatic nitrogens is 2. The quantitative estimate of drug-likeness (QED) is 0.726. The maximum absolute atomic E-state index is 5.34. The molecule has 1 atom stereocenters. The van der Waals surface area contributed by atoms with Crippen molar-refractivity contribution in [1.82, 2.24) is 20.0 Å². The largest absolute Gasteiger partial charge is 0.357 e. The van der Waals surface area contributed by atoms with Crippen molar-refractivity contribution in [2.45, 2.75) is 19.5 Å². The van der Waals surface area contributed by atoms with Gasteiger partial charge in [0.05, 0.1) is 18.3 Å². The number of thiazole rings is 1. The molecular weight excluding hydrogens is 300 g/mol. The van der Waals surface area contributed by atoms with E-state index in [0.29, 0.717) is 11.7 Å². The lowest BCUT2D eigenvalue weighted by atomic mass is 10.1. The zero-order valence-electron chi connectivity index (χ0n) is 11.6. The molecule has 1 aromatic carbocycles. The van der Waals surface area contributed by atoms with Crippen LogP contribution in [0.2, 0.25) is 0 Å². The van der Waals surface area contributed by atoms with Crippen LogP contribution in [0.25, 0.3) is 4.96 Å². The number of thiocarbonyl (C=S) groups is 1. The number of nitrogens with one attached hydrogen (secondary N) is 2. The van der Waals surface area contributed by atoms with Crippen molar-refractivity contribution >= 4 is 33.6 Å². The fourth-order valence-electron chi connectivity index (χ4n) is 2.10. The highest BCUT2D eigenvalue weighted by Gasteiger charge is 2.07. The number of rotatable bonds is 4. The summed E-state index contributed by atoms with van der Waals surface area (Å²) in [5, 5.41) is 9.14. The average Bonchev–Trinajstić information content (AvgIpc) is 3.07. The first-order valence-electron chi connectivity index (χ1n) is 6.73. The van der Waals surface area contributed by atoms with Crippen LogP contribution in [-0.4, -0.2) is 14.5 Å². The van der Waals surface area contributed by atoms with Gasteiger partial charge in [0.25, 0.3) is 0 Å². The number of imidazole rings is 1. The fraction of sp³-hybridized carbons (Fsp3) is 0.200. The molecular formula is C15H16N4S2. The number of benzene rings is 1. The molecule has 0 fully saturated rings. The summed E-state index contributed by atoms with van der Waals surface area (Å²) in [5.41, 5.74) is 2.20. The Kier molecular flexibility index (Phi) is 4.17. The Morgan fingerprint density at radius 3 is 2.95 bits per heavy atom. The maximum atomic E-state index is 5.34. The highest BCUT2D eigenvalue weighted by Crippen LogP contribution is 2.12. The molecule has 0 aliphatic heterocycles. The lowest BCUT2D eigenvalue weighted by Crippen LogP contribution is -2.36. The Bertz CT molecular complexity index is 704. The van der Waals surface area contributed by atoms with E-state index >= 15 is 0 Å². The predicted octanol–water partition coefficient (Wildman–Crippen LogP) is 3.12. The molecule has 4 nitrogen and oxygen atoms in total. The van der Waals surface area contributed by atoms with Crippen molar-refractivity contribution in [3.05, 3.63) is 59.4 Å². The van der Waals surface area contributed by atoms with Gasteiger partial charge in [0, 0.05) is 17.8 Å². The molecule has 0 amide bonds. The zero-order chi connectivity index (χ0) is 14.7. The fourth-order valence-corrected chi connectivity index (χ4v) is 3.07. The van der Waals surface area contributed by atoms with Crippen LogP contribution in [0.1, 0.15) is 24.2 Å². The van der Waals surface area contributed by atoms with Crippen LogP contribution in [0.5, 0.6) is 0 Å². The highest BCUT2D eigenvalue weighted by atomic mass is 32.1. The number of fused-ring (bicyclic) bond motifs is 1. The minimum absolute atomic E-state index is 0.177. The summed E-state index contributed by atoms with van der Waals surface area (Å²) >= 11 is 6.96. The van der Waals surface area contributed by atoms with E-state index in [1.807, 2.05) is 40.4 Å². The normalized spacial score (nSPS) is 12.2. The molecule has 108 valence electrons. The summed E-state index contributed by atoms with van der Waals surface area (Å²) in [6.07, 6.45) is 4.02. The van der Waals surface area contributed by atoms with Gasteiger partial charge in [-0.2, -0.15) is 0 Å². The van der Waals surface area contributed by atoms with Crippen molar-refractivity contribution in [3.63, 3.8) is 0 Å². The maximum Gasteiger partial charge on any atom is 0.193 e. The molecule has 0 bridgehead atoms. The van der Waals surface area contributed by atoms with Gasteiger partial charge < -0.3 is 10.6 Å². The van der Waals surface area contributed by atoms with Gasteiger partial charge >= 0.3 is 0 Å². The van der Waals surface area contributed by atoms with E-state index < -0.39 is 0 Å². The number of hydrogen-bond acceptors (Lipinski definition) is 3. The molecule has 21 heavy (non-hydrogen) atoms. The minimum Gasteiger partial charge on any atom is -0.357 e. The monoisotopic (exact) mass is 316 g/mol. The first-order valence-corrected chi connectivity index (χ1v) is 8.01. The third kappa shape index (κ3) is 3.40. The van der Waals surface area contributed by atoms with Gasteiger partial charge in [-0.25, -0.2) is 4.98 Å². The third-order valence-electron chi connectivity index (χ3n) is 3.22. The van der Waals surface area contributed by atoms with Crippen LogP contribution in [0.4, 0.5) is 0 Å². The van der Waals surface area contributed by atoms with Crippen LogP contribution in [0, 0.1) is 0 Å². The molecule has 2 aromatic heterocycles. The lowest BCUT2D eigenvalue weighted by molar-refractivity contribution is 0.696. The Balaban J connectivity index is 1.53.